The summed E-state index contributed by atoms with van der Waals surface area (Å²) in [4.78, 5) is 2.90. The van der Waals surface area contributed by atoms with E-state index >= 15 is 0 Å². The highest BCUT2D eigenvalue weighted by Gasteiger charge is 2.42. The van der Waals surface area contributed by atoms with Crippen molar-refractivity contribution in [2.75, 3.05) is 0 Å². The molecular weight excluding hydrogens is 294 g/mol. The van der Waals surface area contributed by atoms with Gasteiger partial charge in [-0.1, -0.05) is 18.6 Å². The Kier molecular flexibility index (Phi) is 3.91. The maximum Gasteiger partial charge on any atom is 0.0766 e. The van der Waals surface area contributed by atoms with E-state index in [1.165, 1.54) is 35.4 Å². The lowest BCUT2D eigenvalue weighted by molar-refractivity contribution is 0.253. The average molecular weight is 318 g/mol. The van der Waals surface area contributed by atoms with Crippen molar-refractivity contribution in [3.05, 3.63) is 44.8 Å². The summed E-state index contributed by atoms with van der Waals surface area (Å²) in [6.45, 7) is 2.42. The molecule has 0 radical (unpaired) electrons. The van der Waals surface area contributed by atoms with Gasteiger partial charge in [0.15, 0.2) is 0 Å². The van der Waals surface area contributed by atoms with Crippen molar-refractivity contribution in [3.63, 3.8) is 0 Å². The van der Waals surface area contributed by atoms with Crippen LogP contribution in [0, 0.1) is 17.8 Å². The van der Waals surface area contributed by atoms with Crippen molar-refractivity contribution in [2.24, 2.45) is 17.8 Å². The lowest BCUT2D eigenvalue weighted by Gasteiger charge is -2.31. The summed E-state index contributed by atoms with van der Waals surface area (Å²) in [5.41, 5.74) is 0. The van der Waals surface area contributed by atoms with Crippen LogP contribution in [0.15, 0.2) is 35.0 Å². The molecule has 1 N–H and O–H groups in total. The second kappa shape index (κ2) is 5.86. The molecule has 4 atom stereocenters. The fourth-order valence-corrected chi connectivity index (χ4v) is 6.19. The van der Waals surface area contributed by atoms with E-state index in [1.54, 1.807) is 0 Å². The third kappa shape index (κ3) is 2.71. The van der Waals surface area contributed by atoms with Gasteiger partial charge in [-0.3, -0.25) is 0 Å². The smallest absolute Gasteiger partial charge is 0.0766 e. The molecule has 2 aliphatic rings. The van der Waals surface area contributed by atoms with Crippen molar-refractivity contribution < 1.29 is 0 Å². The Bertz CT molecular complexity index is 526. The quantitative estimate of drug-likeness (QED) is 0.787. The van der Waals surface area contributed by atoms with Gasteiger partial charge in [-0.2, -0.15) is 0 Å². The molecule has 2 aromatic heterocycles. The number of hydrogen-bond acceptors (Lipinski definition) is 3. The molecule has 4 rings (SSSR count). The highest BCUT2D eigenvalue weighted by Crippen LogP contribution is 2.49. The minimum atomic E-state index is 0.388. The highest BCUT2D eigenvalue weighted by molar-refractivity contribution is 7.11. The second-order valence-corrected chi connectivity index (χ2v) is 8.72. The molecule has 0 spiro atoms. The van der Waals surface area contributed by atoms with Gasteiger partial charge in [-0.05, 0) is 66.8 Å². The molecule has 2 bridgehead atoms. The minimum Gasteiger partial charge on any atom is -0.302 e. The van der Waals surface area contributed by atoms with Gasteiger partial charge in [0.1, 0.15) is 0 Å². The van der Waals surface area contributed by atoms with Gasteiger partial charge in [-0.15, -0.1) is 22.7 Å². The topological polar surface area (TPSA) is 12.0 Å². The molecule has 4 unspecified atom stereocenters. The summed E-state index contributed by atoms with van der Waals surface area (Å²) >= 11 is 3.75. The number of hydrogen-bond donors (Lipinski definition) is 1. The van der Waals surface area contributed by atoms with Crippen molar-refractivity contribution in [1.29, 1.82) is 0 Å². The molecule has 0 amide bonds. The number of rotatable bonds is 5. The molecular formula is C18H23NS2. The van der Waals surface area contributed by atoms with Crippen LogP contribution in [0.3, 0.4) is 0 Å². The monoisotopic (exact) mass is 317 g/mol. The van der Waals surface area contributed by atoms with E-state index in [0.717, 1.165) is 17.8 Å². The molecule has 112 valence electrons. The molecule has 3 heteroatoms. The summed E-state index contributed by atoms with van der Waals surface area (Å²) < 4.78 is 0. The molecule has 2 aliphatic carbocycles. The van der Waals surface area contributed by atoms with Crippen molar-refractivity contribution >= 4 is 22.7 Å². The van der Waals surface area contributed by atoms with Gasteiger partial charge in [0.05, 0.1) is 6.04 Å². The average Bonchev–Trinajstić information content (AvgIpc) is 3.30. The van der Waals surface area contributed by atoms with Gasteiger partial charge < -0.3 is 5.32 Å². The third-order valence-corrected chi connectivity index (χ3v) is 7.39. The minimum absolute atomic E-state index is 0.388. The van der Waals surface area contributed by atoms with Crippen LogP contribution in [0.2, 0.25) is 0 Å². The van der Waals surface area contributed by atoms with Gasteiger partial charge in [0, 0.05) is 15.8 Å². The Hall–Kier alpha value is -0.640. The normalized spacial score (nSPS) is 29.3. The zero-order valence-corrected chi connectivity index (χ0v) is 14.1. The molecule has 2 aromatic rings. The number of fused-ring (bicyclic) bond motifs is 2. The van der Waals surface area contributed by atoms with Gasteiger partial charge in [0.2, 0.25) is 0 Å². The summed E-state index contributed by atoms with van der Waals surface area (Å²) in [6, 6.07) is 9.90. The molecule has 2 fully saturated rings. The maximum absolute atomic E-state index is 3.97. The molecule has 21 heavy (non-hydrogen) atoms. The summed E-state index contributed by atoms with van der Waals surface area (Å²) in [5, 5.41) is 8.36. The van der Waals surface area contributed by atoms with Gasteiger partial charge in [-0.25, -0.2) is 0 Å². The summed E-state index contributed by atoms with van der Waals surface area (Å²) in [6.07, 6.45) is 5.93. The third-order valence-electron chi connectivity index (χ3n) is 5.52. The maximum atomic E-state index is 3.97. The molecule has 2 heterocycles. The van der Waals surface area contributed by atoms with E-state index in [1.807, 2.05) is 22.7 Å². The predicted octanol–water partition coefficient (Wildman–Crippen LogP) is 5.31. The van der Waals surface area contributed by atoms with E-state index in [2.05, 4.69) is 47.3 Å². The van der Waals surface area contributed by atoms with Crippen molar-refractivity contribution in [3.8, 4) is 0 Å². The molecule has 1 nitrogen and oxygen atoms in total. The zero-order chi connectivity index (χ0) is 14.2. The van der Waals surface area contributed by atoms with E-state index in [9.17, 15) is 0 Å². The SMILES string of the molecule is CC(NC(c1cccs1)c1cccs1)C1CC2CCC1C2. The first-order chi connectivity index (χ1) is 10.3. The predicted molar refractivity (Wildman–Crippen MR) is 92.0 cm³/mol. The summed E-state index contributed by atoms with van der Waals surface area (Å²) in [5.74, 6) is 2.92. The molecule has 2 saturated carbocycles. The van der Waals surface area contributed by atoms with Crippen molar-refractivity contribution in [2.45, 2.75) is 44.7 Å². The van der Waals surface area contributed by atoms with Crippen LogP contribution in [0.4, 0.5) is 0 Å². The lowest BCUT2D eigenvalue weighted by atomic mass is 9.83. The molecule has 0 aliphatic heterocycles. The second-order valence-electron chi connectivity index (χ2n) is 6.76. The van der Waals surface area contributed by atoms with E-state index in [4.69, 9.17) is 0 Å². The summed E-state index contributed by atoms with van der Waals surface area (Å²) in [7, 11) is 0. The standard InChI is InChI=1S/C18H23NS2/c1-12(15-11-13-6-7-14(15)10-13)19-18(16-4-2-8-20-16)17-5-3-9-21-17/h2-5,8-9,12-15,18-19H,6-7,10-11H2,1H3. The largest absolute Gasteiger partial charge is 0.302 e. The first-order valence-electron chi connectivity index (χ1n) is 8.14. The number of nitrogens with one attached hydrogen (secondary N) is 1. The lowest BCUT2D eigenvalue weighted by Crippen LogP contribution is -2.38. The van der Waals surface area contributed by atoms with Crippen LogP contribution in [0.5, 0.6) is 0 Å². The molecule has 0 aromatic carbocycles. The van der Waals surface area contributed by atoms with Crippen LogP contribution in [0.25, 0.3) is 0 Å². The fourth-order valence-electron chi connectivity index (χ4n) is 4.51. The first-order valence-corrected chi connectivity index (χ1v) is 9.90. The Morgan fingerprint density at radius 2 is 1.76 bits per heavy atom. The van der Waals surface area contributed by atoms with Crippen LogP contribution in [-0.4, -0.2) is 6.04 Å². The van der Waals surface area contributed by atoms with Crippen LogP contribution in [0.1, 0.15) is 48.4 Å². The Balaban J connectivity index is 1.52. The van der Waals surface area contributed by atoms with Gasteiger partial charge >= 0.3 is 0 Å². The van der Waals surface area contributed by atoms with E-state index < -0.39 is 0 Å². The highest BCUT2D eigenvalue weighted by atomic mass is 32.1. The zero-order valence-electron chi connectivity index (χ0n) is 12.5. The Labute approximate surface area is 135 Å². The van der Waals surface area contributed by atoms with Crippen molar-refractivity contribution in [1.82, 2.24) is 5.32 Å². The van der Waals surface area contributed by atoms with Crippen LogP contribution < -0.4 is 5.32 Å². The number of thiophene rings is 2. The van der Waals surface area contributed by atoms with E-state index in [0.29, 0.717) is 12.1 Å². The molecule has 0 saturated heterocycles. The first kappa shape index (κ1) is 14.0. The Morgan fingerprint density at radius 3 is 2.24 bits per heavy atom. The van der Waals surface area contributed by atoms with Crippen LogP contribution in [-0.2, 0) is 0 Å². The van der Waals surface area contributed by atoms with E-state index in [-0.39, 0.29) is 0 Å². The van der Waals surface area contributed by atoms with Crippen LogP contribution >= 0.6 is 22.7 Å². The fraction of sp³-hybridized carbons (Fsp3) is 0.556. The van der Waals surface area contributed by atoms with Gasteiger partial charge in [0.25, 0.3) is 0 Å². The Morgan fingerprint density at radius 1 is 1.05 bits per heavy atom.